The molecule has 0 aromatic heterocycles. The first-order valence-corrected chi connectivity index (χ1v) is 8.82. The molecule has 0 spiro atoms. The SMILES string of the molecule is O=C(O)CCCNC(=O)CCNS(=O)(=O)c1ccc(Br)cc1. The fraction of sp³-hybridized carbons (Fsp3) is 0.385. The summed E-state index contributed by atoms with van der Waals surface area (Å²) >= 11 is 3.22. The zero-order valence-electron chi connectivity index (χ0n) is 11.7. The molecule has 0 saturated heterocycles. The van der Waals surface area contributed by atoms with Crippen molar-refractivity contribution in [1.29, 1.82) is 0 Å². The summed E-state index contributed by atoms with van der Waals surface area (Å²) in [6, 6.07) is 6.14. The van der Waals surface area contributed by atoms with Crippen LogP contribution < -0.4 is 10.0 Å². The molecule has 0 fully saturated rings. The second-order valence-corrected chi connectivity index (χ2v) is 7.13. The second kappa shape index (κ2) is 8.86. The molecule has 3 N–H and O–H groups in total. The van der Waals surface area contributed by atoms with Crippen molar-refractivity contribution in [3.8, 4) is 0 Å². The lowest BCUT2D eigenvalue weighted by molar-refractivity contribution is -0.137. The molecule has 0 atom stereocenters. The van der Waals surface area contributed by atoms with Crippen LogP contribution in [0, 0.1) is 0 Å². The summed E-state index contributed by atoms with van der Waals surface area (Å²) in [6.45, 7) is 0.230. The minimum Gasteiger partial charge on any atom is -0.481 e. The second-order valence-electron chi connectivity index (χ2n) is 4.45. The van der Waals surface area contributed by atoms with Gasteiger partial charge in [0.2, 0.25) is 15.9 Å². The lowest BCUT2D eigenvalue weighted by Gasteiger charge is -2.07. The molecule has 1 aromatic rings. The van der Waals surface area contributed by atoms with Gasteiger partial charge in [0.25, 0.3) is 0 Å². The molecule has 0 bridgehead atoms. The molecule has 0 radical (unpaired) electrons. The lowest BCUT2D eigenvalue weighted by atomic mass is 10.3. The minimum atomic E-state index is -3.64. The Kier molecular flexibility index (Phi) is 7.49. The number of carboxylic acid groups (broad SMARTS) is 1. The maximum absolute atomic E-state index is 11.9. The van der Waals surface area contributed by atoms with Gasteiger partial charge in [0, 0.05) is 30.4 Å². The molecule has 22 heavy (non-hydrogen) atoms. The van der Waals surface area contributed by atoms with Gasteiger partial charge in [-0.25, -0.2) is 13.1 Å². The van der Waals surface area contributed by atoms with Crippen molar-refractivity contribution in [2.75, 3.05) is 13.1 Å². The van der Waals surface area contributed by atoms with Crippen LogP contribution in [0.4, 0.5) is 0 Å². The van der Waals surface area contributed by atoms with Crippen molar-refractivity contribution in [3.63, 3.8) is 0 Å². The standard InChI is InChI=1S/C13H17BrN2O5S/c14-10-3-5-11(6-4-10)22(20,21)16-9-7-12(17)15-8-1-2-13(18)19/h3-6,16H,1-2,7-9H2,(H,15,17)(H,18,19). The van der Waals surface area contributed by atoms with Crippen LogP contribution in [0.2, 0.25) is 0 Å². The predicted molar refractivity (Wildman–Crippen MR) is 83.8 cm³/mol. The molecule has 0 unspecified atom stereocenters. The highest BCUT2D eigenvalue weighted by atomic mass is 79.9. The summed E-state index contributed by atoms with van der Waals surface area (Å²) < 4.78 is 27.0. The van der Waals surface area contributed by atoms with Crippen LogP contribution in [0.15, 0.2) is 33.6 Å². The van der Waals surface area contributed by atoms with E-state index in [0.717, 1.165) is 4.47 Å². The van der Waals surface area contributed by atoms with E-state index < -0.39 is 16.0 Å². The minimum absolute atomic E-state index is 0.0111. The Morgan fingerprint density at radius 2 is 1.73 bits per heavy atom. The number of hydrogen-bond acceptors (Lipinski definition) is 4. The highest BCUT2D eigenvalue weighted by Gasteiger charge is 2.13. The fourth-order valence-electron chi connectivity index (χ4n) is 1.55. The highest BCUT2D eigenvalue weighted by molar-refractivity contribution is 9.10. The summed E-state index contributed by atoms with van der Waals surface area (Å²) in [5.74, 6) is -1.25. The van der Waals surface area contributed by atoms with E-state index >= 15 is 0 Å². The van der Waals surface area contributed by atoms with Crippen LogP contribution >= 0.6 is 15.9 Å². The van der Waals surface area contributed by atoms with Crippen molar-refractivity contribution in [2.45, 2.75) is 24.2 Å². The van der Waals surface area contributed by atoms with Gasteiger partial charge in [0.15, 0.2) is 0 Å². The van der Waals surface area contributed by atoms with E-state index in [9.17, 15) is 18.0 Å². The van der Waals surface area contributed by atoms with Gasteiger partial charge in [0.1, 0.15) is 0 Å². The van der Waals surface area contributed by atoms with E-state index in [1.165, 1.54) is 12.1 Å². The number of nitrogens with one attached hydrogen (secondary N) is 2. The van der Waals surface area contributed by atoms with E-state index in [1.54, 1.807) is 12.1 Å². The first-order chi connectivity index (χ1) is 10.3. The molecule has 0 aliphatic rings. The lowest BCUT2D eigenvalue weighted by Crippen LogP contribution is -2.31. The number of carbonyl (C=O) groups excluding carboxylic acids is 1. The summed E-state index contributed by atoms with van der Waals surface area (Å²) in [7, 11) is -3.64. The molecule has 9 heteroatoms. The third kappa shape index (κ3) is 7.01. The first-order valence-electron chi connectivity index (χ1n) is 6.55. The van der Waals surface area contributed by atoms with Crippen LogP contribution in [0.25, 0.3) is 0 Å². The first kappa shape index (κ1) is 18.6. The summed E-state index contributed by atoms with van der Waals surface area (Å²) in [6.07, 6.45) is 0.311. The van der Waals surface area contributed by atoms with Crippen molar-refractivity contribution >= 4 is 37.8 Å². The number of amides is 1. The summed E-state index contributed by atoms with van der Waals surface area (Å²) in [5.41, 5.74) is 0. The molecular formula is C13H17BrN2O5S. The summed E-state index contributed by atoms with van der Waals surface area (Å²) in [5, 5.41) is 11.0. The Morgan fingerprint density at radius 1 is 1.09 bits per heavy atom. The quantitative estimate of drug-likeness (QED) is 0.544. The number of rotatable bonds is 9. The Labute approximate surface area is 137 Å². The van der Waals surface area contributed by atoms with Gasteiger partial charge >= 0.3 is 5.97 Å². The van der Waals surface area contributed by atoms with Crippen LogP contribution in [0.5, 0.6) is 0 Å². The van der Waals surface area contributed by atoms with Crippen LogP contribution in [-0.4, -0.2) is 38.5 Å². The molecule has 1 amide bonds. The van der Waals surface area contributed by atoms with Crippen LogP contribution in [0.3, 0.4) is 0 Å². The van der Waals surface area contributed by atoms with E-state index in [1.807, 2.05) is 0 Å². The number of benzene rings is 1. The third-order valence-electron chi connectivity index (χ3n) is 2.66. The van der Waals surface area contributed by atoms with Crippen LogP contribution in [-0.2, 0) is 19.6 Å². The summed E-state index contributed by atoms with van der Waals surface area (Å²) in [4.78, 5) is 21.9. The largest absolute Gasteiger partial charge is 0.481 e. The molecular weight excluding hydrogens is 376 g/mol. The number of carbonyl (C=O) groups is 2. The number of hydrogen-bond donors (Lipinski definition) is 3. The fourth-order valence-corrected chi connectivity index (χ4v) is 2.85. The zero-order chi connectivity index (χ0) is 16.6. The molecule has 7 nitrogen and oxygen atoms in total. The van der Waals surface area contributed by atoms with Gasteiger partial charge in [-0.2, -0.15) is 0 Å². The Hall–Kier alpha value is -1.45. The average Bonchev–Trinajstić information content (AvgIpc) is 2.43. The Balaban J connectivity index is 2.32. The van der Waals surface area contributed by atoms with Gasteiger partial charge in [-0.05, 0) is 30.7 Å². The number of halogens is 1. The number of aliphatic carboxylic acids is 1. The molecule has 122 valence electrons. The third-order valence-corrected chi connectivity index (χ3v) is 4.66. The van der Waals surface area contributed by atoms with Crippen molar-refractivity contribution in [2.24, 2.45) is 0 Å². The average molecular weight is 393 g/mol. The maximum atomic E-state index is 11.9. The van der Waals surface area contributed by atoms with Gasteiger partial charge in [-0.1, -0.05) is 15.9 Å². The van der Waals surface area contributed by atoms with Crippen molar-refractivity contribution in [1.82, 2.24) is 10.0 Å². The van der Waals surface area contributed by atoms with Gasteiger partial charge in [-0.3, -0.25) is 9.59 Å². The van der Waals surface area contributed by atoms with Gasteiger partial charge in [-0.15, -0.1) is 0 Å². The van der Waals surface area contributed by atoms with Crippen molar-refractivity contribution < 1.29 is 23.1 Å². The van der Waals surface area contributed by atoms with Gasteiger partial charge < -0.3 is 10.4 Å². The Morgan fingerprint density at radius 3 is 2.32 bits per heavy atom. The van der Waals surface area contributed by atoms with E-state index in [2.05, 4.69) is 26.0 Å². The molecule has 0 heterocycles. The van der Waals surface area contributed by atoms with E-state index in [4.69, 9.17) is 5.11 Å². The molecule has 0 saturated carbocycles. The predicted octanol–water partition coefficient (Wildman–Crippen LogP) is 1.10. The van der Waals surface area contributed by atoms with E-state index in [-0.39, 0.29) is 36.7 Å². The topological polar surface area (TPSA) is 113 Å². The van der Waals surface area contributed by atoms with Gasteiger partial charge in [0.05, 0.1) is 4.90 Å². The monoisotopic (exact) mass is 392 g/mol. The molecule has 0 aliphatic heterocycles. The number of sulfonamides is 1. The number of carboxylic acids is 1. The highest BCUT2D eigenvalue weighted by Crippen LogP contribution is 2.14. The van der Waals surface area contributed by atoms with E-state index in [0.29, 0.717) is 6.42 Å². The maximum Gasteiger partial charge on any atom is 0.303 e. The van der Waals surface area contributed by atoms with Crippen molar-refractivity contribution in [3.05, 3.63) is 28.7 Å². The molecule has 1 aromatic carbocycles. The smallest absolute Gasteiger partial charge is 0.303 e. The molecule has 0 aliphatic carbocycles. The zero-order valence-corrected chi connectivity index (χ0v) is 14.1. The van der Waals surface area contributed by atoms with Crippen LogP contribution in [0.1, 0.15) is 19.3 Å². The molecule has 1 rings (SSSR count). The normalized spacial score (nSPS) is 11.1. The Bertz CT molecular complexity index is 616.